The first-order chi connectivity index (χ1) is 23.4. The summed E-state index contributed by atoms with van der Waals surface area (Å²) in [5, 5.41) is 8.13. The molecule has 0 bridgehead atoms. The average molecular weight is 934 g/mol. The van der Waals surface area contributed by atoms with Crippen LogP contribution < -0.4 is 0 Å². The molecule has 0 aromatic heterocycles. The van der Waals surface area contributed by atoms with Crippen molar-refractivity contribution in [3.8, 4) is 0 Å². The van der Waals surface area contributed by atoms with Gasteiger partial charge in [-0.25, -0.2) is 14.2 Å². The Balaban J connectivity index is 6.99. The summed E-state index contributed by atoms with van der Waals surface area (Å²) in [5.74, 6) is -80.4. The molecule has 0 saturated carbocycles. The fraction of sp³-hybridized carbons (Fsp3) is 1.00. The lowest BCUT2D eigenvalue weighted by molar-refractivity contribution is -0.565. The summed E-state index contributed by atoms with van der Waals surface area (Å²) in [6, 6.07) is 0. The minimum atomic E-state index is -9.22. The molecule has 0 aliphatic carbocycles. The van der Waals surface area contributed by atoms with Crippen molar-refractivity contribution in [2.24, 2.45) is 0 Å². The van der Waals surface area contributed by atoms with E-state index < -0.39 is 102 Å². The molecule has 39 heteroatoms. The maximum atomic E-state index is 13.6. The first-order valence-electron chi connectivity index (χ1n) is 11.3. The van der Waals surface area contributed by atoms with E-state index in [1.54, 1.807) is 0 Å². The van der Waals surface area contributed by atoms with Crippen LogP contribution in [0.4, 0.5) is 154 Å². The van der Waals surface area contributed by atoms with E-state index in [-0.39, 0.29) is 0 Å². The van der Waals surface area contributed by atoms with Crippen LogP contribution in [-0.2, 0) is 14.2 Å². The van der Waals surface area contributed by atoms with Gasteiger partial charge in [-0.3, -0.25) is 0 Å². The Labute approximate surface area is 277 Å². The van der Waals surface area contributed by atoms with Gasteiger partial charge in [-0.1, -0.05) is 0 Å². The number of ether oxygens (including phenoxy) is 3. The summed E-state index contributed by atoms with van der Waals surface area (Å²) in [6.07, 6.45) is -70.3. The topological polar surface area (TPSA) is 47.9 Å². The molecule has 0 aliphatic heterocycles. The summed E-state index contributed by atoms with van der Waals surface area (Å²) >= 11 is 0. The molecule has 0 saturated heterocycles. The van der Waals surface area contributed by atoms with Crippen molar-refractivity contribution in [1.29, 1.82) is 0 Å². The van der Waals surface area contributed by atoms with E-state index in [9.17, 15) is 154 Å². The molecule has 56 heavy (non-hydrogen) atoms. The van der Waals surface area contributed by atoms with Crippen LogP contribution in [0.5, 0.6) is 0 Å². The highest BCUT2D eigenvalue weighted by atomic mass is 19.4. The second-order valence-electron chi connectivity index (χ2n) is 9.62. The van der Waals surface area contributed by atoms with E-state index in [4.69, 9.17) is 5.11 Å². The molecule has 0 fully saturated rings. The van der Waals surface area contributed by atoms with Crippen LogP contribution in [0, 0.1) is 0 Å². The molecule has 0 heterocycles. The van der Waals surface area contributed by atoms with E-state index in [0.717, 1.165) is 0 Å². The third-order valence-corrected chi connectivity index (χ3v) is 5.69. The Bertz CT molecular complexity index is 1400. The predicted molar refractivity (Wildman–Crippen MR) is 90.7 cm³/mol. The fourth-order valence-electron chi connectivity index (χ4n) is 2.54. The summed E-state index contributed by atoms with van der Waals surface area (Å²) in [5.41, 5.74) is 0. The highest BCUT2D eigenvalue weighted by molar-refractivity contribution is 5.09. The summed E-state index contributed by atoms with van der Waals surface area (Å²) < 4.78 is 460. The molecule has 0 radical (unpaired) electrons. The van der Waals surface area contributed by atoms with Gasteiger partial charge in [-0.2, -0.15) is 154 Å². The molecule has 338 valence electrons. The Kier molecular flexibility index (Phi) is 12.6. The molecule has 0 aliphatic rings. The first-order valence-corrected chi connectivity index (χ1v) is 11.3. The van der Waals surface area contributed by atoms with Crippen molar-refractivity contribution < 1.29 is 173 Å². The molecule has 0 rings (SSSR count). The van der Waals surface area contributed by atoms with E-state index in [0.29, 0.717) is 14.2 Å². The molecule has 4 nitrogen and oxygen atoms in total. The van der Waals surface area contributed by atoms with E-state index in [2.05, 4.69) is 0 Å². The Hall–Kier alpha value is -2.61. The van der Waals surface area contributed by atoms with Gasteiger partial charge in [0, 0.05) is 0 Å². The highest BCUT2D eigenvalue weighted by Crippen LogP contribution is 2.63. The maximum Gasteiger partial charge on any atom is 0.460 e. The highest BCUT2D eigenvalue weighted by Gasteiger charge is 2.93. The van der Waals surface area contributed by atoms with E-state index in [1.807, 2.05) is 0 Å². The van der Waals surface area contributed by atoms with Crippen molar-refractivity contribution in [3.05, 3.63) is 0 Å². The van der Waals surface area contributed by atoms with Crippen LogP contribution >= 0.6 is 0 Å². The van der Waals surface area contributed by atoms with E-state index in [1.165, 1.54) is 0 Å². The van der Waals surface area contributed by atoms with Crippen LogP contribution in [-0.4, -0.2) is 107 Å². The van der Waals surface area contributed by atoms with Crippen molar-refractivity contribution in [2.45, 2.75) is 102 Å². The van der Waals surface area contributed by atoms with Crippen molar-refractivity contribution >= 4 is 0 Å². The van der Waals surface area contributed by atoms with Crippen molar-refractivity contribution in [2.75, 3.05) is 0 Å². The SMILES string of the molecule is OC(F)(C(F)(F)C(F)(F)OC(F)(F)C(F)(F)C(F)(F)OC(F)(F)C(F)(F)C(F)(F)OC(F)(F)C(F)(F)C(F)(F)C(F)(F)C(F)(F)F)C(F)(F)C(F)(F)C(F)(F)F. The van der Waals surface area contributed by atoms with Gasteiger partial charge in [0.2, 0.25) is 0 Å². The van der Waals surface area contributed by atoms with Gasteiger partial charge in [0.05, 0.1) is 0 Å². The number of rotatable bonds is 17. The number of alkyl halides is 35. The largest absolute Gasteiger partial charge is 0.460 e. The Morgan fingerprint density at radius 3 is 0.589 bits per heavy atom. The fourth-order valence-corrected chi connectivity index (χ4v) is 2.54. The quantitative estimate of drug-likeness (QED) is 0.148. The van der Waals surface area contributed by atoms with Crippen LogP contribution in [0.15, 0.2) is 0 Å². The minimum absolute atomic E-state index is 0.662. The smallest absolute Gasteiger partial charge is 0.352 e. The second-order valence-corrected chi connectivity index (χ2v) is 9.62. The minimum Gasteiger partial charge on any atom is -0.352 e. The number of hydrogen-bond donors (Lipinski definition) is 1. The molecular formula is C17HF35O4. The third kappa shape index (κ3) is 7.44. The van der Waals surface area contributed by atoms with E-state index >= 15 is 0 Å². The molecule has 1 atom stereocenters. The summed E-state index contributed by atoms with van der Waals surface area (Å²) in [4.78, 5) is 0. The molecule has 0 aromatic rings. The summed E-state index contributed by atoms with van der Waals surface area (Å²) in [6.45, 7) is 0. The van der Waals surface area contributed by atoms with Gasteiger partial charge in [-0.05, 0) is 0 Å². The zero-order valence-electron chi connectivity index (χ0n) is 23.4. The number of hydrogen-bond acceptors (Lipinski definition) is 4. The Morgan fingerprint density at radius 2 is 0.375 bits per heavy atom. The maximum absolute atomic E-state index is 13.6. The predicted octanol–water partition coefficient (Wildman–Crippen LogP) is 10.5. The lowest BCUT2D eigenvalue weighted by Gasteiger charge is -2.42. The monoisotopic (exact) mass is 934 g/mol. The molecule has 0 amide bonds. The average Bonchev–Trinajstić information content (AvgIpc) is 2.88. The van der Waals surface area contributed by atoms with Crippen molar-refractivity contribution in [1.82, 2.24) is 0 Å². The van der Waals surface area contributed by atoms with Gasteiger partial charge < -0.3 is 5.11 Å². The molecule has 0 spiro atoms. The standard InChI is InChI=1S/C17HF35O4/c18-1(19,3(22,23)10(35,36)37)5(26,27)12(41,42)54-14(45,46)7(30,31)16(49,50)56-17(51,52)8(32,33)15(47,48)55-13(43,44)6(28,29)9(34,53)2(20,21)4(24,25)11(38,39)40/h53H. The molecule has 0 aromatic carbocycles. The van der Waals surface area contributed by atoms with Crippen molar-refractivity contribution in [3.63, 3.8) is 0 Å². The lowest BCUT2D eigenvalue weighted by Crippen LogP contribution is -2.73. The summed E-state index contributed by atoms with van der Waals surface area (Å²) in [7, 11) is 0. The number of halogens is 35. The van der Waals surface area contributed by atoms with Gasteiger partial charge >= 0.3 is 102 Å². The third-order valence-electron chi connectivity index (χ3n) is 5.69. The molecular weight excluding hydrogens is 933 g/mol. The normalized spacial score (nSPS) is 18.0. The number of aliphatic hydroxyl groups is 1. The zero-order valence-corrected chi connectivity index (χ0v) is 23.4. The van der Waals surface area contributed by atoms with Gasteiger partial charge in [0.1, 0.15) is 0 Å². The Morgan fingerprint density at radius 1 is 0.196 bits per heavy atom. The lowest BCUT2D eigenvalue weighted by atomic mass is 9.96. The van der Waals surface area contributed by atoms with Crippen LogP contribution in [0.1, 0.15) is 0 Å². The van der Waals surface area contributed by atoms with Crippen LogP contribution in [0.3, 0.4) is 0 Å². The second kappa shape index (κ2) is 13.2. The van der Waals surface area contributed by atoms with Crippen LogP contribution in [0.25, 0.3) is 0 Å². The van der Waals surface area contributed by atoms with Crippen LogP contribution in [0.2, 0.25) is 0 Å². The first kappa shape index (κ1) is 53.4. The van der Waals surface area contributed by atoms with Gasteiger partial charge in [0.15, 0.2) is 0 Å². The zero-order chi connectivity index (χ0) is 46.6. The van der Waals surface area contributed by atoms with Gasteiger partial charge in [0.25, 0.3) is 0 Å². The van der Waals surface area contributed by atoms with Gasteiger partial charge in [-0.15, -0.1) is 0 Å². The molecule has 1 N–H and O–H groups in total. The molecule has 1 unspecified atom stereocenters.